The van der Waals surface area contributed by atoms with Gasteiger partial charge >= 0.3 is 5.97 Å². The lowest BCUT2D eigenvalue weighted by Gasteiger charge is -2.04. The van der Waals surface area contributed by atoms with Gasteiger partial charge in [-0.15, -0.1) is 0 Å². The first-order chi connectivity index (χ1) is 9.22. The van der Waals surface area contributed by atoms with Crippen LogP contribution < -0.4 is 4.74 Å². The maximum absolute atomic E-state index is 12.0. The summed E-state index contributed by atoms with van der Waals surface area (Å²) in [5.74, 6) is 0.0168. The van der Waals surface area contributed by atoms with Crippen LogP contribution >= 0.6 is 23.3 Å². The molecule has 1 aromatic heterocycles. The standard InChI is InChI=1S/C13H7ClN2O2S/c14-9-2-4-10(5-3-9)18-13(17)8-1-6-11-12(7-8)16-19-15-11/h1-7H. The van der Waals surface area contributed by atoms with Crippen LogP contribution in [0.25, 0.3) is 11.0 Å². The minimum atomic E-state index is -0.433. The lowest BCUT2D eigenvalue weighted by Crippen LogP contribution is -2.08. The third-order valence-electron chi connectivity index (χ3n) is 2.51. The van der Waals surface area contributed by atoms with E-state index < -0.39 is 5.97 Å². The molecule has 0 atom stereocenters. The monoisotopic (exact) mass is 290 g/mol. The third-order valence-corrected chi connectivity index (χ3v) is 3.32. The number of ether oxygens (including phenoxy) is 1. The highest BCUT2D eigenvalue weighted by molar-refractivity contribution is 7.00. The van der Waals surface area contributed by atoms with Gasteiger partial charge in [-0.05, 0) is 42.5 Å². The number of esters is 1. The van der Waals surface area contributed by atoms with Gasteiger partial charge in [0.15, 0.2) is 0 Å². The average Bonchev–Trinajstić information content (AvgIpc) is 2.88. The van der Waals surface area contributed by atoms with Crippen molar-refractivity contribution in [3.8, 4) is 5.75 Å². The smallest absolute Gasteiger partial charge is 0.343 e. The molecule has 4 nitrogen and oxygen atoms in total. The molecule has 3 rings (SSSR count). The van der Waals surface area contributed by atoms with Crippen molar-refractivity contribution in [3.05, 3.63) is 53.1 Å². The van der Waals surface area contributed by atoms with Gasteiger partial charge in [0.1, 0.15) is 16.8 Å². The number of carbonyl (C=O) groups excluding carboxylic acids is 1. The Bertz CT molecular complexity index is 740. The van der Waals surface area contributed by atoms with E-state index in [1.165, 1.54) is 0 Å². The van der Waals surface area contributed by atoms with E-state index >= 15 is 0 Å². The lowest BCUT2D eigenvalue weighted by atomic mass is 10.2. The molecule has 0 aliphatic carbocycles. The van der Waals surface area contributed by atoms with Crippen molar-refractivity contribution in [2.24, 2.45) is 0 Å². The maximum atomic E-state index is 12.0. The number of fused-ring (bicyclic) bond motifs is 1. The molecule has 3 aromatic rings. The summed E-state index contributed by atoms with van der Waals surface area (Å²) in [5, 5.41) is 0.592. The second-order valence-electron chi connectivity index (χ2n) is 3.81. The molecule has 2 aromatic carbocycles. The van der Waals surface area contributed by atoms with E-state index in [-0.39, 0.29) is 0 Å². The first-order valence-corrected chi connectivity index (χ1v) is 6.53. The molecular weight excluding hydrogens is 284 g/mol. The second-order valence-corrected chi connectivity index (χ2v) is 4.78. The zero-order valence-corrected chi connectivity index (χ0v) is 11.1. The number of carbonyl (C=O) groups is 1. The molecular formula is C13H7ClN2O2S. The highest BCUT2D eigenvalue weighted by Crippen LogP contribution is 2.18. The number of halogens is 1. The van der Waals surface area contributed by atoms with Gasteiger partial charge in [0.25, 0.3) is 0 Å². The minimum absolute atomic E-state index is 0.433. The van der Waals surface area contributed by atoms with Crippen LogP contribution in [0.3, 0.4) is 0 Å². The van der Waals surface area contributed by atoms with Crippen LogP contribution in [-0.2, 0) is 0 Å². The molecule has 19 heavy (non-hydrogen) atoms. The van der Waals surface area contributed by atoms with E-state index in [0.717, 1.165) is 17.2 Å². The normalized spacial score (nSPS) is 10.6. The number of benzene rings is 2. The Morgan fingerprint density at radius 3 is 2.58 bits per heavy atom. The number of rotatable bonds is 2. The van der Waals surface area contributed by atoms with Crippen molar-refractivity contribution in [2.45, 2.75) is 0 Å². The Balaban J connectivity index is 1.84. The maximum Gasteiger partial charge on any atom is 0.343 e. The molecule has 0 amide bonds. The van der Waals surface area contributed by atoms with Crippen LogP contribution in [-0.4, -0.2) is 14.7 Å². The van der Waals surface area contributed by atoms with Crippen LogP contribution in [0.1, 0.15) is 10.4 Å². The molecule has 0 radical (unpaired) electrons. The summed E-state index contributed by atoms with van der Waals surface area (Å²) in [4.78, 5) is 12.0. The molecule has 0 unspecified atom stereocenters. The van der Waals surface area contributed by atoms with Crippen LogP contribution in [0.15, 0.2) is 42.5 Å². The molecule has 0 fully saturated rings. The number of hydrogen-bond acceptors (Lipinski definition) is 5. The average molecular weight is 291 g/mol. The van der Waals surface area contributed by atoms with Crippen LogP contribution in [0.4, 0.5) is 0 Å². The fraction of sp³-hybridized carbons (Fsp3) is 0. The zero-order chi connectivity index (χ0) is 13.2. The molecule has 0 spiro atoms. The van der Waals surface area contributed by atoms with Gasteiger partial charge in [-0.25, -0.2) is 4.79 Å². The van der Waals surface area contributed by atoms with Gasteiger partial charge in [0, 0.05) is 5.02 Å². The van der Waals surface area contributed by atoms with Crippen LogP contribution in [0.2, 0.25) is 5.02 Å². The second kappa shape index (κ2) is 4.95. The predicted molar refractivity (Wildman–Crippen MR) is 73.8 cm³/mol. The molecule has 1 heterocycles. The molecule has 0 aliphatic heterocycles. The minimum Gasteiger partial charge on any atom is -0.423 e. The molecule has 0 bridgehead atoms. The van der Waals surface area contributed by atoms with Crippen molar-refractivity contribution >= 4 is 40.3 Å². The number of hydrogen-bond donors (Lipinski definition) is 0. The third kappa shape index (κ3) is 2.57. The van der Waals surface area contributed by atoms with E-state index in [1.54, 1.807) is 42.5 Å². The summed E-state index contributed by atoms with van der Waals surface area (Å²) in [5.41, 5.74) is 1.90. The predicted octanol–water partition coefficient (Wildman–Crippen LogP) is 3.56. The Kier molecular flexibility index (Phi) is 3.15. The molecule has 6 heteroatoms. The largest absolute Gasteiger partial charge is 0.423 e. The topological polar surface area (TPSA) is 52.1 Å². The van der Waals surface area contributed by atoms with Crippen LogP contribution in [0, 0.1) is 0 Å². The summed E-state index contributed by atoms with van der Waals surface area (Å²) in [6.07, 6.45) is 0. The van der Waals surface area contributed by atoms with Crippen molar-refractivity contribution in [3.63, 3.8) is 0 Å². The summed E-state index contributed by atoms with van der Waals surface area (Å²) < 4.78 is 13.4. The van der Waals surface area contributed by atoms with E-state index in [4.69, 9.17) is 16.3 Å². The van der Waals surface area contributed by atoms with E-state index in [0.29, 0.717) is 21.9 Å². The fourth-order valence-corrected chi connectivity index (χ4v) is 2.22. The van der Waals surface area contributed by atoms with Gasteiger partial charge in [0.05, 0.1) is 17.3 Å². The highest BCUT2D eigenvalue weighted by atomic mass is 35.5. The summed E-state index contributed by atoms with van der Waals surface area (Å²) in [7, 11) is 0. The Morgan fingerprint density at radius 1 is 1.05 bits per heavy atom. The number of nitrogens with zero attached hydrogens (tertiary/aromatic N) is 2. The number of aromatic nitrogens is 2. The SMILES string of the molecule is O=C(Oc1ccc(Cl)cc1)c1ccc2nsnc2c1. The van der Waals surface area contributed by atoms with Crippen molar-refractivity contribution in [2.75, 3.05) is 0 Å². The van der Waals surface area contributed by atoms with Crippen LogP contribution in [0.5, 0.6) is 5.75 Å². The quantitative estimate of drug-likeness (QED) is 0.535. The first kappa shape index (κ1) is 12.1. The molecule has 0 saturated heterocycles. The summed E-state index contributed by atoms with van der Waals surface area (Å²) in [6.45, 7) is 0. The Hall–Kier alpha value is -1.98. The van der Waals surface area contributed by atoms with Crippen molar-refractivity contribution < 1.29 is 9.53 Å². The highest BCUT2D eigenvalue weighted by Gasteiger charge is 2.10. The Morgan fingerprint density at radius 2 is 1.79 bits per heavy atom. The van der Waals surface area contributed by atoms with Gasteiger partial charge in [-0.2, -0.15) is 8.75 Å². The molecule has 0 saturated carbocycles. The zero-order valence-electron chi connectivity index (χ0n) is 9.54. The van der Waals surface area contributed by atoms with Gasteiger partial charge in [-0.3, -0.25) is 0 Å². The Labute approximate surface area is 117 Å². The molecule has 0 N–H and O–H groups in total. The van der Waals surface area contributed by atoms with Crippen molar-refractivity contribution in [1.29, 1.82) is 0 Å². The van der Waals surface area contributed by atoms with Gasteiger partial charge in [0.2, 0.25) is 0 Å². The molecule has 94 valence electrons. The van der Waals surface area contributed by atoms with E-state index in [1.807, 2.05) is 0 Å². The summed E-state index contributed by atoms with van der Waals surface area (Å²) in [6, 6.07) is 11.7. The molecule has 0 aliphatic rings. The summed E-state index contributed by atoms with van der Waals surface area (Å²) >= 11 is 6.88. The van der Waals surface area contributed by atoms with E-state index in [2.05, 4.69) is 8.75 Å². The lowest BCUT2D eigenvalue weighted by molar-refractivity contribution is 0.0735. The first-order valence-electron chi connectivity index (χ1n) is 5.42. The van der Waals surface area contributed by atoms with Gasteiger partial charge < -0.3 is 4.74 Å². The van der Waals surface area contributed by atoms with Crippen molar-refractivity contribution in [1.82, 2.24) is 8.75 Å². The fourth-order valence-electron chi connectivity index (χ4n) is 1.58. The van der Waals surface area contributed by atoms with E-state index in [9.17, 15) is 4.79 Å². The van der Waals surface area contributed by atoms with Gasteiger partial charge in [-0.1, -0.05) is 11.6 Å².